The number of aromatic hydroxyl groups is 1. The Morgan fingerprint density at radius 1 is 1.03 bits per heavy atom. The average Bonchev–Trinajstić information content (AvgIpc) is 2.86. The zero-order chi connectivity index (χ0) is 24.9. The third-order valence-electron chi connectivity index (χ3n) is 5.93. The Hall–Kier alpha value is -3.55. The average molecular weight is 492 g/mol. The molecule has 182 valence electrons. The van der Waals surface area contributed by atoms with Crippen LogP contribution in [0.5, 0.6) is 5.75 Å². The number of halogens is 1. The first-order chi connectivity index (χ1) is 16.9. The molecule has 1 saturated heterocycles. The Morgan fingerprint density at radius 3 is 2.34 bits per heavy atom. The Bertz CT molecular complexity index is 1240. The fourth-order valence-electron chi connectivity index (χ4n) is 4.13. The molecule has 7 nitrogen and oxygen atoms in total. The highest BCUT2D eigenvalue weighted by molar-refractivity contribution is 6.34. The van der Waals surface area contributed by atoms with Crippen molar-refractivity contribution in [2.45, 2.75) is 6.92 Å². The van der Waals surface area contributed by atoms with Crippen molar-refractivity contribution in [3.8, 4) is 28.0 Å². The van der Waals surface area contributed by atoms with Crippen LogP contribution in [-0.2, 0) is 4.79 Å². The molecule has 35 heavy (non-hydrogen) atoms. The van der Waals surface area contributed by atoms with Gasteiger partial charge in [-0.15, -0.1) is 0 Å². The summed E-state index contributed by atoms with van der Waals surface area (Å²) < 4.78 is 0. The first-order valence-electron chi connectivity index (χ1n) is 11.5. The van der Waals surface area contributed by atoms with Gasteiger partial charge in [-0.25, -0.2) is 4.98 Å². The van der Waals surface area contributed by atoms with Crippen LogP contribution in [0.4, 0.5) is 11.5 Å². The number of pyridine rings is 1. The SMILES string of the molecule is Cc1cc(-c2ccnc(N3CCNCC3)c2)c(O)c(-c2ccc(N(C=O)/C=C\N(C)C)c(Cl)c2)c1. The lowest BCUT2D eigenvalue weighted by Gasteiger charge is -2.28. The number of benzene rings is 2. The fraction of sp³-hybridized carbons (Fsp3) is 0.259. The van der Waals surface area contributed by atoms with Crippen LogP contribution in [0.1, 0.15) is 5.56 Å². The van der Waals surface area contributed by atoms with Gasteiger partial charge in [-0.05, 0) is 60.0 Å². The number of nitrogens with zero attached hydrogens (tertiary/aromatic N) is 4. The van der Waals surface area contributed by atoms with E-state index in [9.17, 15) is 9.90 Å². The standard InChI is InChI=1S/C27H30ClN5O2/c1-19-14-22(20-4-5-25(24(28)16-20)33(18-34)13-12-31(2)3)27(35)23(15-19)21-6-7-30-26(17-21)32-10-8-29-9-11-32/h4-7,12-18,29,35H,8-11H2,1-3H3/b13-12-. The molecule has 1 aromatic heterocycles. The molecule has 1 fully saturated rings. The molecule has 0 radical (unpaired) electrons. The van der Waals surface area contributed by atoms with Gasteiger partial charge >= 0.3 is 0 Å². The van der Waals surface area contributed by atoms with Gasteiger partial charge in [0.1, 0.15) is 11.6 Å². The van der Waals surface area contributed by atoms with Gasteiger partial charge in [0, 0.05) is 70.0 Å². The normalized spacial score (nSPS) is 13.8. The zero-order valence-corrected chi connectivity index (χ0v) is 21.0. The smallest absolute Gasteiger partial charge is 0.218 e. The van der Waals surface area contributed by atoms with Crippen molar-refractivity contribution < 1.29 is 9.90 Å². The van der Waals surface area contributed by atoms with E-state index in [1.807, 2.05) is 56.3 Å². The van der Waals surface area contributed by atoms with Gasteiger partial charge in [-0.3, -0.25) is 9.69 Å². The fourth-order valence-corrected chi connectivity index (χ4v) is 4.41. The maximum Gasteiger partial charge on any atom is 0.218 e. The van der Waals surface area contributed by atoms with Crippen LogP contribution in [0, 0.1) is 6.92 Å². The molecule has 4 rings (SSSR count). The number of hydrogen-bond donors (Lipinski definition) is 2. The summed E-state index contributed by atoms with van der Waals surface area (Å²) in [5.41, 5.74) is 4.65. The van der Waals surface area contributed by atoms with E-state index in [2.05, 4.69) is 15.2 Å². The predicted molar refractivity (Wildman–Crippen MR) is 143 cm³/mol. The van der Waals surface area contributed by atoms with Gasteiger partial charge < -0.3 is 20.2 Å². The van der Waals surface area contributed by atoms with Crippen LogP contribution >= 0.6 is 11.6 Å². The minimum Gasteiger partial charge on any atom is -0.507 e. The van der Waals surface area contributed by atoms with Crippen LogP contribution < -0.4 is 15.1 Å². The van der Waals surface area contributed by atoms with Gasteiger partial charge in [0.25, 0.3) is 0 Å². The number of aryl methyl sites for hydroxylation is 1. The number of rotatable bonds is 7. The number of anilines is 2. The monoisotopic (exact) mass is 491 g/mol. The highest BCUT2D eigenvalue weighted by atomic mass is 35.5. The Morgan fingerprint density at radius 2 is 1.71 bits per heavy atom. The maximum absolute atomic E-state index is 11.6. The van der Waals surface area contributed by atoms with Crippen LogP contribution in [0.15, 0.2) is 61.1 Å². The third kappa shape index (κ3) is 5.58. The van der Waals surface area contributed by atoms with E-state index in [0.717, 1.165) is 54.3 Å². The minimum atomic E-state index is 0.177. The first-order valence-corrected chi connectivity index (χ1v) is 11.9. The molecule has 0 aliphatic carbocycles. The van der Waals surface area contributed by atoms with Gasteiger partial charge in [0.05, 0.1) is 10.7 Å². The zero-order valence-electron chi connectivity index (χ0n) is 20.2. The lowest BCUT2D eigenvalue weighted by atomic mass is 9.95. The summed E-state index contributed by atoms with van der Waals surface area (Å²) in [6.07, 6.45) is 5.91. The molecule has 1 aliphatic rings. The molecule has 2 N–H and O–H groups in total. The third-order valence-corrected chi connectivity index (χ3v) is 6.23. The molecular weight excluding hydrogens is 462 g/mol. The van der Waals surface area contributed by atoms with Crippen LogP contribution in [-0.4, -0.2) is 61.7 Å². The highest BCUT2D eigenvalue weighted by Crippen LogP contribution is 2.41. The van der Waals surface area contributed by atoms with Gasteiger partial charge in [-0.1, -0.05) is 17.7 Å². The Balaban J connectivity index is 1.71. The first kappa shape index (κ1) is 24.6. The quantitative estimate of drug-likeness (QED) is 0.474. The second-order valence-electron chi connectivity index (χ2n) is 8.79. The predicted octanol–water partition coefficient (Wildman–Crippen LogP) is 4.49. The maximum atomic E-state index is 11.6. The van der Waals surface area contributed by atoms with E-state index in [1.54, 1.807) is 30.7 Å². The van der Waals surface area contributed by atoms with Gasteiger partial charge in [0.15, 0.2) is 0 Å². The van der Waals surface area contributed by atoms with Crippen molar-refractivity contribution in [1.82, 2.24) is 15.2 Å². The lowest BCUT2D eigenvalue weighted by molar-refractivity contribution is -0.106. The van der Waals surface area contributed by atoms with E-state index in [4.69, 9.17) is 11.6 Å². The van der Waals surface area contributed by atoms with Crippen LogP contribution in [0.2, 0.25) is 5.02 Å². The van der Waals surface area contributed by atoms with Crippen molar-refractivity contribution in [1.29, 1.82) is 0 Å². The van der Waals surface area contributed by atoms with Crippen molar-refractivity contribution in [3.63, 3.8) is 0 Å². The number of piperazine rings is 1. The molecule has 0 saturated carbocycles. The van der Waals surface area contributed by atoms with E-state index in [-0.39, 0.29) is 5.75 Å². The molecular formula is C27H30ClN5O2. The van der Waals surface area contributed by atoms with Gasteiger partial charge in [0.2, 0.25) is 6.41 Å². The number of aromatic nitrogens is 1. The minimum absolute atomic E-state index is 0.177. The summed E-state index contributed by atoms with van der Waals surface area (Å²) in [5, 5.41) is 15.1. The Kier molecular flexibility index (Phi) is 7.58. The molecule has 1 amide bonds. The summed E-state index contributed by atoms with van der Waals surface area (Å²) >= 11 is 6.58. The van der Waals surface area contributed by atoms with E-state index < -0.39 is 0 Å². The van der Waals surface area contributed by atoms with E-state index in [0.29, 0.717) is 22.7 Å². The largest absolute Gasteiger partial charge is 0.507 e. The highest BCUT2D eigenvalue weighted by Gasteiger charge is 2.17. The van der Waals surface area contributed by atoms with Crippen molar-refractivity contribution >= 4 is 29.5 Å². The van der Waals surface area contributed by atoms with Crippen LogP contribution in [0.3, 0.4) is 0 Å². The number of hydrogen-bond acceptors (Lipinski definition) is 6. The molecule has 1 aliphatic heterocycles. The molecule has 8 heteroatoms. The molecule has 0 bridgehead atoms. The molecule has 2 aromatic carbocycles. The number of phenolic OH excluding ortho intramolecular Hbond substituents is 1. The number of carbonyl (C=O) groups is 1. The van der Waals surface area contributed by atoms with E-state index in [1.165, 1.54) is 4.90 Å². The summed E-state index contributed by atoms with van der Waals surface area (Å²) in [6.45, 7) is 5.65. The summed E-state index contributed by atoms with van der Waals surface area (Å²) in [6, 6.07) is 13.3. The second kappa shape index (κ2) is 10.8. The number of carbonyl (C=O) groups excluding carboxylic acids is 1. The molecule has 2 heterocycles. The molecule has 0 atom stereocenters. The van der Waals surface area contributed by atoms with Crippen molar-refractivity contribution in [2.24, 2.45) is 0 Å². The molecule has 0 spiro atoms. The van der Waals surface area contributed by atoms with Crippen molar-refractivity contribution in [3.05, 3.63) is 71.6 Å². The summed E-state index contributed by atoms with van der Waals surface area (Å²) in [7, 11) is 3.75. The number of nitrogens with one attached hydrogen (secondary N) is 1. The molecule has 3 aromatic rings. The number of phenols is 1. The summed E-state index contributed by atoms with van der Waals surface area (Å²) in [5.74, 6) is 1.08. The van der Waals surface area contributed by atoms with E-state index >= 15 is 0 Å². The lowest BCUT2D eigenvalue weighted by Crippen LogP contribution is -2.43. The van der Waals surface area contributed by atoms with Crippen LogP contribution in [0.25, 0.3) is 22.3 Å². The summed E-state index contributed by atoms with van der Waals surface area (Å²) in [4.78, 5) is 21.7. The second-order valence-corrected chi connectivity index (χ2v) is 9.20. The Labute approximate surface area is 211 Å². The number of amides is 1. The van der Waals surface area contributed by atoms with Crippen molar-refractivity contribution in [2.75, 3.05) is 50.1 Å². The molecule has 0 unspecified atom stereocenters. The van der Waals surface area contributed by atoms with Gasteiger partial charge in [-0.2, -0.15) is 0 Å². The topological polar surface area (TPSA) is 71.9 Å².